The van der Waals surface area contributed by atoms with Gasteiger partial charge in [-0.05, 0) is 45.4 Å². The Morgan fingerprint density at radius 1 is 1.35 bits per heavy atom. The second-order valence-electron chi connectivity index (χ2n) is 4.48. The highest BCUT2D eigenvalue weighted by Gasteiger charge is 2.09. The molecule has 3 heteroatoms. The Morgan fingerprint density at radius 3 is 2.65 bits per heavy atom. The second-order valence-corrected chi connectivity index (χ2v) is 4.48. The molecule has 0 saturated heterocycles. The number of hydrogen-bond acceptors (Lipinski definition) is 2. The van der Waals surface area contributed by atoms with Crippen LogP contribution >= 0.6 is 0 Å². The quantitative estimate of drug-likeness (QED) is 0.852. The molecule has 1 rings (SSSR count). The Bertz CT molecular complexity index is 374. The van der Waals surface area contributed by atoms with Gasteiger partial charge < -0.3 is 10.1 Å². The number of carbonyl (C=O) groups excluding carboxylic acids is 1. The summed E-state index contributed by atoms with van der Waals surface area (Å²) in [6.45, 7) is 7.97. The van der Waals surface area contributed by atoms with E-state index in [9.17, 15) is 4.79 Å². The van der Waals surface area contributed by atoms with Crippen LogP contribution in [0.1, 0.15) is 44.5 Å². The minimum atomic E-state index is -0.0476. The van der Waals surface area contributed by atoms with Crippen LogP contribution in [0, 0.1) is 0 Å². The van der Waals surface area contributed by atoms with E-state index >= 15 is 0 Å². The highest BCUT2D eigenvalue weighted by atomic mass is 16.5. The fraction of sp³-hybridized carbons (Fsp3) is 0.500. The normalized spacial score (nSPS) is 12.3. The molecule has 0 aliphatic heterocycles. The Kier molecular flexibility index (Phi) is 5.01. The molecule has 1 N–H and O–H groups in total. The topological polar surface area (TPSA) is 38.3 Å². The van der Waals surface area contributed by atoms with Crippen molar-refractivity contribution < 1.29 is 9.53 Å². The average molecular weight is 235 g/mol. The number of benzene rings is 1. The molecular formula is C14H21NO2. The summed E-state index contributed by atoms with van der Waals surface area (Å²) in [5.74, 6) is 0.686. The third-order valence-electron chi connectivity index (χ3n) is 2.46. The monoisotopic (exact) mass is 235 g/mol. The number of rotatable bonds is 5. The van der Waals surface area contributed by atoms with E-state index in [0.717, 1.165) is 12.2 Å². The molecule has 0 spiro atoms. The van der Waals surface area contributed by atoms with E-state index in [1.54, 1.807) is 12.1 Å². The van der Waals surface area contributed by atoms with E-state index < -0.39 is 0 Å². The van der Waals surface area contributed by atoms with Crippen molar-refractivity contribution in [3.05, 3.63) is 29.8 Å². The Balaban J connectivity index is 2.73. The standard InChI is InChI=1S/C14H21NO2/c1-5-11(4)15-14(16)12-7-6-8-13(9-12)17-10(2)3/h6-11H,5H2,1-4H3,(H,15,16)/t11-/m1/s1. The van der Waals surface area contributed by atoms with Crippen LogP contribution in [0.15, 0.2) is 24.3 Å². The lowest BCUT2D eigenvalue weighted by atomic mass is 10.1. The van der Waals surface area contributed by atoms with Gasteiger partial charge in [0, 0.05) is 11.6 Å². The number of carbonyl (C=O) groups is 1. The largest absolute Gasteiger partial charge is 0.491 e. The van der Waals surface area contributed by atoms with Crippen molar-refractivity contribution in [2.24, 2.45) is 0 Å². The van der Waals surface area contributed by atoms with Crippen LogP contribution in [0.3, 0.4) is 0 Å². The van der Waals surface area contributed by atoms with Gasteiger partial charge in [0.15, 0.2) is 0 Å². The Labute approximate surface area is 103 Å². The van der Waals surface area contributed by atoms with Crippen molar-refractivity contribution in [3.63, 3.8) is 0 Å². The summed E-state index contributed by atoms with van der Waals surface area (Å²) in [6.07, 6.45) is 1.04. The lowest BCUT2D eigenvalue weighted by Crippen LogP contribution is -2.31. The predicted octanol–water partition coefficient (Wildman–Crippen LogP) is 3.00. The minimum absolute atomic E-state index is 0.0476. The fourth-order valence-electron chi connectivity index (χ4n) is 1.39. The summed E-state index contributed by atoms with van der Waals surface area (Å²) < 4.78 is 5.56. The molecule has 0 fully saturated rings. The molecule has 1 aromatic rings. The molecule has 0 radical (unpaired) electrons. The zero-order valence-electron chi connectivity index (χ0n) is 11.0. The van der Waals surface area contributed by atoms with Crippen molar-refractivity contribution in [2.75, 3.05) is 0 Å². The molecule has 0 bridgehead atoms. The first-order valence-electron chi connectivity index (χ1n) is 6.10. The minimum Gasteiger partial charge on any atom is -0.491 e. The van der Waals surface area contributed by atoms with E-state index in [4.69, 9.17) is 4.74 Å². The van der Waals surface area contributed by atoms with E-state index in [0.29, 0.717) is 5.56 Å². The van der Waals surface area contributed by atoms with Crippen molar-refractivity contribution >= 4 is 5.91 Å². The highest BCUT2D eigenvalue weighted by molar-refractivity contribution is 5.94. The first-order valence-corrected chi connectivity index (χ1v) is 6.10. The van der Waals surface area contributed by atoms with Gasteiger partial charge in [-0.3, -0.25) is 4.79 Å². The van der Waals surface area contributed by atoms with Crippen LogP contribution in [-0.2, 0) is 0 Å². The summed E-state index contributed by atoms with van der Waals surface area (Å²) in [5.41, 5.74) is 0.642. The van der Waals surface area contributed by atoms with Crippen molar-refractivity contribution in [3.8, 4) is 5.75 Å². The molecule has 17 heavy (non-hydrogen) atoms. The van der Waals surface area contributed by atoms with Crippen LogP contribution in [0.5, 0.6) is 5.75 Å². The van der Waals surface area contributed by atoms with Crippen molar-refractivity contribution in [1.82, 2.24) is 5.32 Å². The van der Waals surface area contributed by atoms with Gasteiger partial charge in [-0.1, -0.05) is 13.0 Å². The molecule has 0 aliphatic carbocycles. The summed E-state index contributed by atoms with van der Waals surface area (Å²) in [5, 5.41) is 2.93. The Morgan fingerprint density at radius 2 is 2.06 bits per heavy atom. The van der Waals surface area contributed by atoms with Crippen LogP contribution in [0.4, 0.5) is 0 Å². The SMILES string of the molecule is CC[C@@H](C)NC(=O)c1cccc(OC(C)C)c1. The van der Waals surface area contributed by atoms with E-state index in [1.165, 1.54) is 0 Å². The van der Waals surface area contributed by atoms with Gasteiger partial charge >= 0.3 is 0 Å². The average Bonchev–Trinajstić information content (AvgIpc) is 2.28. The maximum absolute atomic E-state index is 11.9. The molecule has 0 aromatic heterocycles. The molecule has 1 atom stereocenters. The van der Waals surface area contributed by atoms with Crippen LogP contribution in [0.25, 0.3) is 0 Å². The van der Waals surface area contributed by atoms with Crippen molar-refractivity contribution in [1.29, 1.82) is 0 Å². The van der Waals surface area contributed by atoms with E-state index in [-0.39, 0.29) is 18.1 Å². The molecular weight excluding hydrogens is 214 g/mol. The highest BCUT2D eigenvalue weighted by Crippen LogP contribution is 2.15. The maximum Gasteiger partial charge on any atom is 0.251 e. The van der Waals surface area contributed by atoms with Gasteiger partial charge in [-0.2, -0.15) is 0 Å². The number of ether oxygens (including phenoxy) is 1. The van der Waals surface area contributed by atoms with E-state index in [2.05, 4.69) is 5.32 Å². The zero-order valence-corrected chi connectivity index (χ0v) is 11.0. The van der Waals surface area contributed by atoms with Gasteiger partial charge in [0.2, 0.25) is 0 Å². The van der Waals surface area contributed by atoms with Gasteiger partial charge in [-0.15, -0.1) is 0 Å². The predicted molar refractivity (Wildman–Crippen MR) is 69.4 cm³/mol. The molecule has 1 amide bonds. The molecule has 0 aliphatic rings. The number of hydrogen-bond donors (Lipinski definition) is 1. The maximum atomic E-state index is 11.9. The molecule has 0 heterocycles. The lowest BCUT2D eigenvalue weighted by Gasteiger charge is -2.13. The summed E-state index contributed by atoms with van der Waals surface area (Å²) in [6, 6.07) is 7.46. The fourth-order valence-corrected chi connectivity index (χ4v) is 1.39. The smallest absolute Gasteiger partial charge is 0.251 e. The van der Waals surface area contributed by atoms with Gasteiger partial charge in [0.05, 0.1) is 6.10 Å². The van der Waals surface area contributed by atoms with Crippen LogP contribution in [-0.4, -0.2) is 18.1 Å². The molecule has 0 saturated carbocycles. The summed E-state index contributed by atoms with van der Waals surface area (Å²) in [4.78, 5) is 11.9. The molecule has 0 unspecified atom stereocenters. The molecule has 1 aromatic carbocycles. The van der Waals surface area contributed by atoms with Crippen LogP contribution in [0.2, 0.25) is 0 Å². The van der Waals surface area contributed by atoms with Crippen LogP contribution < -0.4 is 10.1 Å². The summed E-state index contributed by atoms with van der Waals surface area (Å²) in [7, 11) is 0. The number of amides is 1. The van der Waals surface area contributed by atoms with Gasteiger partial charge in [0.25, 0.3) is 5.91 Å². The third kappa shape index (κ3) is 4.47. The molecule has 3 nitrogen and oxygen atoms in total. The number of nitrogens with one attached hydrogen (secondary N) is 1. The van der Waals surface area contributed by atoms with Crippen molar-refractivity contribution in [2.45, 2.75) is 46.3 Å². The van der Waals surface area contributed by atoms with E-state index in [1.807, 2.05) is 39.8 Å². The third-order valence-corrected chi connectivity index (χ3v) is 2.46. The first-order chi connectivity index (χ1) is 8.02. The van der Waals surface area contributed by atoms with Gasteiger partial charge in [0.1, 0.15) is 5.75 Å². The Hall–Kier alpha value is -1.51. The second kappa shape index (κ2) is 6.28. The lowest BCUT2D eigenvalue weighted by molar-refractivity contribution is 0.0938. The summed E-state index contributed by atoms with van der Waals surface area (Å²) >= 11 is 0. The zero-order chi connectivity index (χ0) is 12.8. The first kappa shape index (κ1) is 13.6. The van der Waals surface area contributed by atoms with Gasteiger partial charge in [-0.25, -0.2) is 0 Å². The molecule has 94 valence electrons.